The van der Waals surface area contributed by atoms with Gasteiger partial charge in [-0.05, 0) is 24.6 Å². The van der Waals surface area contributed by atoms with Crippen LogP contribution in [0, 0.1) is 6.92 Å². The van der Waals surface area contributed by atoms with Crippen molar-refractivity contribution in [2.75, 3.05) is 118 Å². The molecule has 0 radical (unpaired) electrons. The zero-order chi connectivity index (χ0) is 35.2. The van der Waals surface area contributed by atoms with Crippen LogP contribution in [0.25, 0.3) is 10.9 Å². The van der Waals surface area contributed by atoms with Crippen LogP contribution >= 0.6 is 0 Å². The minimum atomic E-state index is -0.357. The maximum Gasteiger partial charge on any atom is 0.248 e. The van der Waals surface area contributed by atoms with E-state index in [-0.39, 0.29) is 67.8 Å². The van der Waals surface area contributed by atoms with Crippen molar-refractivity contribution in [3.8, 4) is 0 Å². The molecule has 3 rings (SSSR count). The fraction of sp³-hybridized carbons (Fsp3) is 0.562. The van der Waals surface area contributed by atoms with Crippen LogP contribution in [0.15, 0.2) is 29.1 Å². The molecule has 0 unspecified atom stereocenters. The van der Waals surface area contributed by atoms with Crippen LogP contribution in [0.1, 0.15) is 5.56 Å². The molecular formula is C32H50N10O6. The number of carbonyl (C=O) groups excluding carboxylic acids is 5. The van der Waals surface area contributed by atoms with E-state index in [2.05, 4.69) is 26.3 Å². The van der Waals surface area contributed by atoms with Gasteiger partial charge in [0.1, 0.15) is 6.54 Å². The minimum absolute atomic E-state index is 0.0379. The van der Waals surface area contributed by atoms with E-state index < -0.39 is 0 Å². The zero-order valence-electron chi connectivity index (χ0n) is 28.7. The molecule has 16 heteroatoms. The van der Waals surface area contributed by atoms with Crippen LogP contribution in [0.4, 0.5) is 5.69 Å². The predicted octanol–water partition coefficient (Wildman–Crippen LogP) is -2.62. The van der Waals surface area contributed by atoms with Gasteiger partial charge in [-0.25, -0.2) is 0 Å². The first kappa shape index (κ1) is 38.1. The van der Waals surface area contributed by atoms with Crippen molar-refractivity contribution >= 4 is 46.1 Å². The number of carbonyl (C=O) groups is 5. The zero-order valence-corrected chi connectivity index (χ0v) is 28.7. The van der Waals surface area contributed by atoms with E-state index >= 15 is 0 Å². The number of pyridine rings is 1. The standard InChI is InChI=1S/C32H50N10O6/c1-23-16-27(43)37-26-17-24(6-7-25(23)26)42(21-31(47)36-5)32(48)22-41-14-12-39(19-29(45)34-3)10-8-38(18-28(44)33-2)9-11-40(13-15-41)20-30(46)35-4/h6-7,16-17H,8-15,18-22H2,1-5H3,(H,33,44)(H,34,45)(H,35,46)(H,36,47)(H,37,43). The Kier molecular flexibility index (Phi) is 14.9. The van der Waals surface area contributed by atoms with Gasteiger partial charge in [-0.1, -0.05) is 6.07 Å². The maximum absolute atomic E-state index is 14.0. The smallest absolute Gasteiger partial charge is 0.248 e. The summed E-state index contributed by atoms with van der Waals surface area (Å²) >= 11 is 0. The molecule has 1 aliphatic heterocycles. The lowest BCUT2D eigenvalue weighted by Crippen LogP contribution is -2.52. The third-order valence-electron chi connectivity index (χ3n) is 8.45. The SMILES string of the molecule is CNC(=O)CN1CCN(CC(=O)NC)CCN(CC(=O)N(CC(=O)NC)c2ccc3c(C)cc(=O)[nH]c3c2)CCN(CC(=O)NC)CC1. The summed E-state index contributed by atoms with van der Waals surface area (Å²) < 4.78 is 0. The van der Waals surface area contributed by atoms with Crippen molar-refractivity contribution in [3.63, 3.8) is 0 Å². The molecule has 5 amide bonds. The first-order chi connectivity index (χ1) is 23.0. The van der Waals surface area contributed by atoms with Gasteiger partial charge < -0.3 is 31.2 Å². The second-order valence-electron chi connectivity index (χ2n) is 11.8. The van der Waals surface area contributed by atoms with Crippen molar-refractivity contribution in [2.24, 2.45) is 0 Å². The van der Waals surface area contributed by atoms with Gasteiger partial charge in [-0.2, -0.15) is 0 Å². The Balaban J connectivity index is 1.90. The Morgan fingerprint density at radius 2 is 1.06 bits per heavy atom. The lowest BCUT2D eigenvalue weighted by Gasteiger charge is -2.34. The van der Waals surface area contributed by atoms with Gasteiger partial charge in [-0.15, -0.1) is 0 Å². The second kappa shape index (κ2) is 18.8. The van der Waals surface area contributed by atoms with E-state index in [1.165, 1.54) is 18.0 Å². The van der Waals surface area contributed by atoms with Gasteiger partial charge in [0.2, 0.25) is 35.1 Å². The fourth-order valence-electron chi connectivity index (χ4n) is 5.47. The summed E-state index contributed by atoms with van der Waals surface area (Å²) in [6.07, 6.45) is 0. The van der Waals surface area contributed by atoms with E-state index in [9.17, 15) is 28.8 Å². The number of benzene rings is 1. The summed E-state index contributed by atoms with van der Waals surface area (Å²) in [4.78, 5) is 88.0. The lowest BCUT2D eigenvalue weighted by molar-refractivity contribution is -0.124. The van der Waals surface area contributed by atoms with Crippen LogP contribution in [0.2, 0.25) is 0 Å². The highest BCUT2D eigenvalue weighted by Gasteiger charge is 2.25. The molecule has 0 bridgehead atoms. The third kappa shape index (κ3) is 11.7. The van der Waals surface area contributed by atoms with Gasteiger partial charge in [0.15, 0.2) is 0 Å². The van der Waals surface area contributed by atoms with Crippen molar-refractivity contribution < 1.29 is 24.0 Å². The number of aryl methyl sites for hydroxylation is 1. The monoisotopic (exact) mass is 670 g/mol. The molecule has 16 nitrogen and oxygen atoms in total. The second-order valence-corrected chi connectivity index (χ2v) is 11.8. The number of hydrogen-bond acceptors (Lipinski definition) is 10. The van der Waals surface area contributed by atoms with Crippen LogP contribution < -0.4 is 31.7 Å². The molecule has 264 valence electrons. The number of aromatic amines is 1. The Labute approximate surface area is 281 Å². The van der Waals surface area contributed by atoms with Crippen LogP contribution in [0.5, 0.6) is 0 Å². The molecule has 1 aromatic carbocycles. The van der Waals surface area contributed by atoms with Crippen molar-refractivity contribution in [1.29, 1.82) is 0 Å². The number of H-pyrrole nitrogens is 1. The number of rotatable bonds is 11. The van der Waals surface area contributed by atoms with E-state index in [0.29, 0.717) is 63.6 Å². The summed E-state index contributed by atoms with van der Waals surface area (Å²) in [7, 11) is 6.24. The number of nitrogens with one attached hydrogen (secondary N) is 5. The molecule has 48 heavy (non-hydrogen) atoms. The van der Waals surface area contributed by atoms with E-state index in [1.54, 1.807) is 33.3 Å². The van der Waals surface area contributed by atoms with Gasteiger partial charge >= 0.3 is 0 Å². The van der Waals surface area contributed by atoms with E-state index in [4.69, 9.17) is 0 Å². The molecule has 0 atom stereocenters. The molecule has 2 heterocycles. The molecule has 2 aromatic rings. The highest BCUT2D eigenvalue weighted by molar-refractivity contribution is 6.01. The Bertz CT molecular complexity index is 1460. The average molecular weight is 671 g/mol. The van der Waals surface area contributed by atoms with Crippen molar-refractivity contribution in [3.05, 3.63) is 40.2 Å². The number of aromatic nitrogens is 1. The van der Waals surface area contributed by atoms with E-state index in [0.717, 1.165) is 10.9 Å². The fourth-order valence-corrected chi connectivity index (χ4v) is 5.47. The van der Waals surface area contributed by atoms with Crippen LogP contribution in [-0.4, -0.2) is 167 Å². The number of nitrogens with zero attached hydrogens (tertiary/aromatic N) is 5. The predicted molar refractivity (Wildman–Crippen MR) is 184 cm³/mol. The average Bonchev–Trinajstić information content (AvgIpc) is 3.07. The Morgan fingerprint density at radius 1 is 0.646 bits per heavy atom. The summed E-state index contributed by atoms with van der Waals surface area (Å²) in [5.74, 6) is -1.12. The third-order valence-corrected chi connectivity index (χ3v) is 8.45. The molecule has 1 aliphatic rings. The number of anilines is 1. The number of likely N-dealkylation sites (N-methyl/N-ethyl adjacent to an activating group) is 4. The summed E-state index contributed by atoms with van der Waals surface area (Å²) in [5, 5.41) is 11.4. The minimum Gasteiger partial charge on any atom is -0.358 e. The Hall–Kier alpha value is -4.38. The number of amides is 5. The molecular weight excluding hydrogens is 620 g/mol. The van der Waals surface area contributed by atoms with Crippen molar-refractivity contribution in [1.82, 2.24) is 45.9 Å². The molecule has 1 aromatic heterocycles. The summed E-state index contributed by atoms with van der Waals surface area (Å²) in [6, 6.07) is 6.77. The first-order valence-electron chi connectivity index (χ1n) is 16.1. The van der Waals surface area contributed by atoms with Gasteiger partial charge in [-0.3, -0.25) is 48.4 Å². The molecule has 1 fully saturated rings. The highest BCUT2D eigenvalue weighted by Crippen LogP contribution is 2.22. The summed E-state index contributed by atoms with van der Waals surface area (Å²) in [6.45, 7) is 5.82. The molecule has 0 saturated carbocycles. The number of hydrogen-bond donors (Lipinski definition) is 5. The van der Waals surface area contributed by atoms with Crippen molar-refractivity contribution in [2.45, 2.75) is 6.92 Å². The largest absolute Gasteiger partial charge is 0.358 e. The van der Waals surface area contributed by atoms with Gasteiger partial charge in [0, 0.05) is 97.7 Å². The summed E-state index contributed by atoms with van der Waals surface area (Å²) in [5.41, 5.74) is 1.55. The quantitative estimate of drug-likeness (QED) is 0.170. The normalized spacial score (nSPS) is 15.9. The van der Waals surface area contributed by atoms with Crippen LogP contribution in [-0.2, 0) is 24.0 Å². The molecule has 1 saturated heterocycles. The Morgan fingerprint density at radius 3 is 1.48 bits per heavy atom. The molecule has 0 aliphatic carbocycles. The van der Waals surface area contributed by atoms with E-state index in [1.807, 2.05) is 32.6 Å². The van der Waals surface area contributed by atoms with Gasteiger partial charge in [0.05, 0.1) is 31.7 Å². The number of fused-ring (bicyclic) bond motifs is 1. The highest BCUT2D eigenvalue weighted by atomic mass is 16.2. The molecule has 0 spiro atoms. The van der Waals surface area contributed by atoms with Crippen LogP contribution in [0.3, 0.4) is 0 Å². The lowest BCUT2D eigenvalue weighted by atomic mass is 10.1. The first-order valence-corrected chi connectivity index (χ1v) is 16.1. The maximum atomic E-state index is 14.0. The molecule has 5 N–H and O–H groups in total. The van der Waals surface area contributed by atoms with Gasteiger partial charge in [0.25, 0.3) is 0 Å². The topological polar surface area (TPSA) is 183 Å².